The standard InChI is InChI=1S/C15H11N5O2/c16-14-13-6-9(15(21)22)7-20(13)12-2-1-8(5-11(12)18-14)10-3-4-17-19-10/h1-7H,(H2,16,18)(H,17,19)(H,21,22). The van der Waals surface area contributed by atoms with Crippen molar-refractivity contribution in [3.63, 3.8) is 0 Å². The summed E-state index contributed by atoms with van der Waals surface area (Å²) in [5.74, 6) is -0.705. The Balaban J connectivity index is 2.02. The van der Waals surface area contributed by atoms with Crippen molar-refractivity contribution in [2.75, 3.05) is 5.73 Å². The van der Waals surface area contributed by atoms with E-state index in [2.05, 4.69) is 15.2 Å². The largest absolute Gasteiger partial charge is 0.478 e. The number of aromatic nitrogens is 4. The molecule has 4 aromatic rings. The third kappa shape index (κ3) is 1.72. The van der Waals surface area contributed by atoms with E-state index in [0.717, 1.165) is 16.8 Å². The Kier molecular flexibility index (Phi) is 2.43. The molecule has 0 aliphatic rings. The van der Waals surface area contributed by atoms with Gasteiger partial charge in [-0.1, -0.05) is 6.07 Å². The molecule has 0 saturated heterocycles. The summed E-state index contributed by atoms with van der Waals surface area (Å²) in [6.07, 6.45) is 3.29. The number of hydrogen-bond donors (Lipinski definition) is 3. The van der Waals surface area contributed by atoms with Crippen molar-refractivity contribution < 1.29 is 9.90 Å². The Morgan fingerprint density at radius 1 is 1.23 bits per heavy atom. The van der Waals surface area contributed by atoms with E-state index in [1.807, 2.05) is 24.3 Å². The van der Waals surface area contributed by atoms with E-state index in [1.54, 1.807) is 16.8 Å². The fourth-order valence-corrected chi connectivity index (χ4v) is 2.56. The zero-order valence-electron chi connectivity index (χ0n) is 11.3. The molecule has 0 aliphatic carbocycles. The smallest absolute Gasteiger partial charge is 0.337 e. The van der Waals surface area contributed by atoms with Crippen molar-refractivity contribution >= 4 is 28.3 Å². The Morgan fingerprint density at radius 2 is 2.09 bits per heavy atom. The maximum atomic E-state index is 11.1. The number of carboxylic acids is 1. The molecule has 4 N–H and O–H groups in total. The van der Waals surface area contributed by atoms with Crippen LogP contribution in [0.15, 0.2) is 42.7 Å². The summed E-state index contributed by atoms with van der Waals surface area (Å²) < 4.78 is 1.75. The number of H-pyrrole nitrogens is 1. The van der Waals surface area contributed by atoms with Crippen LogP contribution in [0.1, 0.15) is 10.4 Å². The van der Waals surface area contributed by atoms with Crippen LogP contribution in [-0.4, -0.2) is 30.7 Å². The fourth-order valence-electron chi connectivity index (χ4n) is 2.56. The number of aromatic carboxylic acids is 1. The summed E-state index contributed by atoms with van der Waals surface area (Å²) in [5.41, 5.74) is 9.90. The van der Waals surface area contributed by atoms with Crippen LogP contribution in [-0.2, 0) is 0 Å². The molecular weight excluding hydrogens is 282 g/mol. The Labute approximate surface area is 124 Å². The van der Waals surface area contributed by atoms with E-state index >= 15 is 0 Å². The van der Waals surface area contributed by atoms with Crippen LogP contribution >= 0.6 is 0 Å². The molecule has 0 fully saturated rings. The molecule has 4 rings (SSSR count). The maximum absolute atomic E-state index is 11.1. The van der Waals surface area contributed by atoms with E-state index in [4.69, 9.17) is 10.8 Å². The van der Waals surface area contributed by atoms with Crippen LogP contribution in [0.5, 0.6) is 0 Å². The van der Waals surface area contributed by atoms with Crippen molar-refractivity contribution in [1.29, 1.82) is 0 Å². The maximum Gasteiger partial charge on any atom is 0.337 e. The van der Waals surface area contributed by atoms with Gasteiger partial charge >= 0.3 is 5.97 Å². The monoisotopic (exact) mass is 293 g/mol. The number of carbonyl (C=O) groups is 1. The topological polar surface area (TPSA) is 109 Å². The van der Waals surface area contributed by atoms with Gasteiger partial charge in [0.15, 0.2) is 0 Å². The van der Waals surface area contributed by atoms with Crippen LogP contribution in [0.2, 0.25) is 0 Å². The number of fused-ring (bicyclic) bond motifs is 3. The molecule has 0 aliphatic heterocycles. The molecule has 0 spiro atoms. The molecule has 0 bridgehead atoms. The van der Waals surface area contributed by atoms with E-state index < -0.39 is 5.97 Å². The van der Waals surface area contributed by atoms with Crippen molar-refractivity contribution in [3.8, 4) is 11.3 Å². The van der Waals surface area contributed by atoms with Gasteiger partial charge in [0.05, 0.1) is 27.8 Å². The zero-order valence-corrected chi connectivity index (χ0v) is 11.3. The van der Waals surface area contributed by atoms with Crippen molar-refractivity contribution in [1.82, 2.24) is 19.6 Å². The summed E-state index contributed by atoms with van der Waals surface area (Å²) in [7, 11) is 0. The molecule has 3 aromatic heterocycles. The molecule has 0 atom stereocenters. The molecule has 0 saturated carbocycles. The first-order chi connectivity index (χ1) is 10.6. The van der Waals surface area contributed by atoms with Gasteiger partial charge in [0, 0.05) is 18.0 Å². The second-order valence-electron chi connectivity index (χ2n) is 4.95. The summed E-state index contributed by atoms with van der Waals surface area (Å²) in [6.45, 7) is 0. The van der Waals surface area contributed by atoms with E-state index in [-0.39, 0.29) is 5.56 Å². The molecule has 1 aromatic carbocycles. The SMILES string of the molecule is Nc1nc2cc(-c3cc[nH]n3)ccc2n2cc(C(=O)O)cc12. The molecule has 0 amide bonds. The lowest BCUT2D eigenvalue weighted by Crippen LogP contribution is -1.97. The van der Waals surface area contributed by atoms with Gasteiger partial charge in [0.25, 0.3) is 0 Å². The number of aromatic amines is 1. The first-order valence-electron chi connectivity index (χ1n) is 6.58. The predicted molar refractivity (Wildman–Crippen MR) is 81.7 cm³/mol. The van der Waals surface area contributed by atoms with Gasteiger partial charge in [-0.2, -0.15) is 5.10 Å². The normalized spacial score (nSPS) is 11.3. The summed E-state index contributed by atoms with van der Waals surface area (Å²) in [5, 5.41) is 16.0. The van der Waals surface area contributed by atoms with Crippen molar-refractivity contribution in [2.45, 2.75) is 0 Å². The lowest BCUT2D eigenvalue weighted by Gasteiger charge is -2.06. The van der Waals surface area contributed by atoms with Gasteiger partial charge in [-0.15, -0.1) is 0 Å². The van der Waals surface area contributed by atoms with Crippen molar-refractivity contribution in [2.24, 2.45) is 0 Å². The van der Waals surface area contributed by atoms with Gasteiger partial charge < -0.3 is 15.2 Å². The third-order valence-electron chi connectivity index (χ3n) is 3.60. The Hall–Kier alpha value is -3.35. The number of nitrogens with two attached hydrogens (primary N) is 1. The first-order valence-corrected chi connectivity index (χ1v) is 6.58. The highest BCUT2D eigenvalue weighted by Crippen LogP contribution is 2.26. The van der Waals surface area contributed by atoms with E-state index in [9.17, 15) is 4.79 Å². The highest BCUT2D eigenvalue weighted by molar-refractivity contribution is 5.94. The zero-order chi connectivity index (χ0) is 15.3. The molecule has 0 unspecified atom stereocenters. The number of carboxylic acid groups (broad SMARTS) is 1. The summed E-state index contributed by atoms with van der Waals surface area (Å²) >= 11 is 0. The van der Waals surface area contributed by atoms with Gasteiger partial charge in [-0.3, -0.25) is 5.10 Å². The lowest BCUT2D eigenvalue weighted by atomic mass is 10.1. The summed E-state index contributed by atoms with van der Waals surface area (Å²) in [4.78, 5) is 15.5. The molecule has 0 radical (unpaired) electrons. The van der Waals surface area contributed by atoms with Gasteiger partial charge in [-0.05, 0) is 24.3 Å². The van der Waals surface area contributed by atoms with Crippen molar-refractivity contribution in [3.05, 3.63) is 48.3 Å². The van der Waals surface area contributed by atoms with Crippen LogP contribution in [0.25, 0.3) is 27.8 Å². The molecular formula is C15H11N5O2. The van der Waals surface area contributed by atoms with Gasteiger partial charge in [0.2, 0.25) is 0 Å². The number of nitrogen functional groups attached to an aromatic ring is 1. The number of hydrogen-bond acceptors (Lipinski definition) is 4. The average Bonchev–Trinajstić information content (AvgIpc) is 3.17. The predicted octanol–water partition coefficient (Wildman–Crippen LogP) is 2.16. The average molecular weight is 293 g/mol. The lowest BCUT2D eigenvalue weighted by molar-refractivity contribution is 0.0697. The fraction of sp³-hybridized carbons (Fsp3) is 0. The van der Waals surface area contributed by atoms with Crippen LogP contribution in [0.4, 0.5) is 5.82 Å². The van der Waals surface area contributed by atoms with Gasteiger partial charge in [-0.25, -0.2) is 9.78 Å². The highest BCUT2D eigenvalue weighted by Gasteiger charge is 2.13. The summed E-state index contributed by atoms with van der Waals surface area (Å²) in [6, 6.07) is 9.05. The Morgan fingerprint density at radius 3 is 2.82 bits per heavy atom. The van der Waals surface area contributed by atoms with Crippen LogP contribution < -0.4 is 5.73 Å². The third-order valence-corrected chi connectivity index (χ3v) is 3.60. The number of benzene rings is 1. The molecule has 7 nitrogen and oxygen atoms in total. The number of nitrogens with zero attached hydrogens (tertiary/aromatic N) is 3. The number of nitrogens with one attached hydrogen (secondary N) is 1. The van der Waals surface area contributed by atoms with Crippen LogP contribution in [0, 0.1) is 0 Å². The quantitative estimate of drug-likeness (QED) is 0.524. The van der Waals surface area contributed by atoms with E-state index in [1.165, 1.54) is 6.07 Å². The van der Waals surface area contributed by atoms with Crippen LogP contribution in [0.3, 0.4) is 0 Å². The minimum Gasteiger partial charge on any atom is -0.478 e. The second-order valence-corrected chi connectivity index (χ2v) is 4.95. The highest BCUT2D eigenvalue weighted by atomic mass is 16.4. The first kappa shape index (κ1) is 12.4. The van der Waals surface area contributed by atoms with Gasteiger partial charge in [0.1, 0.15) is 5.82 Å². The molecule has 108 valence electrons. The number of anilines is 1. The number of rotatable bonds is 2. The molecule has 7 heteroatoms. The second kappa shape index (κ2) is 4.32. The minimum atomic E-state index is -0.996. The minimum absolute atomic E-state index is 0.178. The molecule has 22 heavy (non-hydrogen) atoms. The Bertz CT molecular complexity index is 1020. The molecule has 3 heterocycles. The van der Waals surface area contributed by atoms with E-state index in [0.29, 0.717) is 16.9 Å².